The second kappa shape index (κ2) is 6.07. The Labute approximate surface area is 137 Å². The smallest absolute Gasteiger partial charge is 0.387 e. The minimum Gasteiger partial charge on any atom is -0.435 e. The van der Waals surface area contributed by atoms with Crippen LogP contribution >= 0.6 is 0 Å². The second-order valence-electron chi connectivity index (χ2n) is 5.60. The molecule has 1 aliphatic rings. The highest BCUT2D eigenvalue weighted by atomic mass is 19.3. The SMILES string of the molecule is CN1CC(c2ccc(OC(F)F)cc2)(c2cccc(F)c2)N=C1N. The Morgan fingerprint density at radius 3 is 2.42 bits per heavy atom. The molecule has 3 rings (SSSR count). The number of guanidine groups is 1. The molecule has 1 aliphatic heterocycles. The third-order valence-electron chi connectivity index (χ3n) is 4.02. The summed E-state index contributed by atoms with van der Waals surface area (Å²) < 4.78 is 42.7. The molecule has 1 heterocycles. The molecular weight excluding hydrogens is 319 g/mol. The first kappa shape index (κ1) is 16.2. The molecule has 0 aromatic heterocycles. The molecule has 2 N–H and O–H groups in total. The number of benzene rings is 2. The number of alkyl halides is 2. The predicted octanol–water partition coefficient (Wildman–Crippen LogP) is 2.93. The maximum atomic E-state index is 13.7. The second-order valence-corrected chi connectivity index (χ2v) is 5.60. The molecule has 2 aromatic rings. The van der Waals surface area contributed by atoms with Crippen molar-refractivity contribution in [3.8, 4) is 5.75 Å². The molecular formula is C17H16F3N3O. The molecule has 0 fully saturated rings. The molecule has 0 spiro atoms. The number of nitrogens with two attached hydrogens (primary N) is 1. The van der Waals surface area contributed by atoms with Gasteiger partial charge in [-0.1, -0.05) is 24.3 Å². The molecule has 24 heavy (non-hydrogen) atoms. The summed E-state index contributed by atoms with van der Waals surface area (Å²) in [6.07, 6.45) is 0. The van der Waals surface area contributed by atoms with Crippen LogP contribution in [0.2, 0.25) is 0 Å². The fraction of sp³-hybridized carbons (Fsp3) is 0.235. The Hall–Kier alpha value is -2.70. The summed E-state index contributed by atoms with van der Waals surface area (Å²) in [6.45, 7) is -2.48. The molecule has 0 radical (unpaired) electrons. The summed E-state index contributed by atoms with van der Waals surface area (Å²) in [6, 6.07) is 12.3. The van der Waals surface area contributed by atoms with Crippen LogP contribution in [0.4, 0.5) is 13.2 Å². The lowest BCUT2D eigenvalue weighted by molar-refractivity contribution is -0.0498. The van der Waals surface area contributed by atoms with Crippen LogP contribution < -0.4 is 10.5 Å². The molecule has 1 atom stereocenters. The minimum absolute atomic E-state index is 0.0476. The van der Waals surface area contributed by atoms with Crippen LogP contribution in [-0.4, -0.2) is 31.1 Å². The van der Waals surface area contributed by atoms with Gasteiger partial charge in [0.15, 0.2) is 5.96 Å². The molecule has 126 valence electrons. The fourth-order valence-electron chi connectivity index (χ4n) is 2.88. The van der Waals surface area contributed by atoms with E-state index in [-0.39, 0.29) is 11.6 Å². The van der Waals surface area contributed by atoms with E-state index < -0.39 is 12.2 Å². The van der Waals surface area contributed by atoms with Crippen molar-refractivity contribution in [1.29, 1.82) is 0 Å². The molecule has 0 amide bonds. The maximum Gasteiger partial charge on any atom is 0.387 e. The number of halogens is 3. The minimum atomic E-state index is -2.89. The molecule has 4 nitrogen and oxygen atoms in total. The summed E-state index contributed by atoms with van der Waals surface area (Å²) in [5.74, 6) is -0.00790. The van der Waals surface area contributed by atoms with E-state index in [0.717, 1.165) is 0 Å². The van der Waals surface area contributed by atoms with Crippen LogP contribution in [0.3, 0.4) is 0 Å². The molecule has 0 bridgehead atoms. The highest BCUT2D eigenvalue weighted by Gasteiger charge is 2.41. The van der Waals surface area contributed by atoms with E-state index in [0.29, 0.717) is 23.6 Å². The van der Waals surface area contributed by atoms with Crippen molar-refractivity contribution in [3.63, 3.8) is 0 Å². The molecule has 7 heteroatoms. The van der Waals surface area contributed by atoms with Gasteiger partial charge in [0.05, 0.1) is 6.54 Å². The van der Waals surface area contributed by atoms with E-state index >= 15 is 0 Å². The molecule has 1 unspecified atom stereocenters. The zero-order valence-electron chi connectivity index (χ0n) is 12.9. The zero-order valence-corrected chi connectivity index (χ0v) is 12.9. The number of ether oxygens (including phenoxy) is 1. The van der Waals surface area contributed by atoms with Gasteiger partial charge in [-0.3, -0.25) is 0 Å². The van der Waals surface area contributed by atoms with Crippen LogP contribution in [0, 0.1) is 5.82 Å². The first-order chi connectivity index (χ1) is 11.4. The van der Waals surface area contributed by atoms with Crippen LogP contribution in [0.5, 0.6) is 5.75 Å². The van der Waals surface area contributed by atoms with Gasteiger partial charge in [0.25, 0.3) is 0 Å². The van der Waals surface area contributed by atoms with Gasteiger partial charge in [0.2, 0.25) is 0 Å². The summed E-state index contributed by atoms with van der Waals surface area (Å²) in [5, 5.41) is 0. The van der Waals surface area contributed by atoms with E-state index in [4.69, 9.17) is 5.73 Å². The first-order valence-electron chi connectivity index (χ1n) is 7.28. The van der Waals surface area contributed by atoms with E-state index in [1.165, 1.54) is 24.3 Å². The molecule has 0 saturated carbocycles. The van der Waals surface area contributed by atoms with Crippen molar-refractivity contribution in [1.82, 2.24) is 4.90 Å². The van der Waals surface area contributed by atoms with Gasteiger partial charge in [0.1, 0.15) is 17.1 Å². The highest BCUT2D eigenvalue weighted by molar-refractivity contribution is 5.81. The lowest BCUT2D eigenvalue weighted by Gasteiger charge is -2.28. The van der Waals surface area contributed by atoms with Crippen LogP contribution in [0.1, 0.15) is 11.1 Å². The largest absolute Gasteiger partial charge is 0.435 e. The van der Waals surface area contributed by atoms with Gasteiger partial charge >= 0.3 is 6.61 Å². The van der Waals surface area contributed by atoms with Gasteiger partial charge < -0.3 is 15.4 Å². The highest BCUT2D eigenvalue weighted by Crippen LogP contribution is 2.38. The zero-order chi connectivity index (χ0) is 17.3. The Bertz CT molecular complexity index is 764. The Morgan fingerprint density at radius 1 is 1.17 bits per heavy atom. The van der Waals surface area contributed by atoms with Crippen molar-refractivity contribution >= 4 is 5.96 Å². The Balaban J connectivity index is 2.07. The van der Waals surface area contributed by atoms with Crippen LogP contribution in [0.25, 0.3) is 0 Å². The number of hydrogen-bond donors (Lipinski definition) is 1. The van der Waals surface area contributed by atoms with E-state index in [2.05, 4.69) is 9.73 Å². The third kappa shape index (κ3) is 2.89. The Kier molecular flexibility index (Phi) is 4.09. The van der Waals surface area contributed by atoms with Crippen molar-refractivity contribution in [2.75, 3.05) is 13.6 Å². The molecule has 2 aromatic carbocycles. The summed E-state index contributed by atoms with van der Waals surface area (Å²) in [5.41, 5.74) is 6.37. The fourth-order valence-corrected chi connectivity index (χ4v) is 2.88. The monoisotopic (exact) mass is 335 g/mol. The number of rotatable bonds is 4. The number of aliphatic imine (C=N–C) groups is 1. The standard InChI is InChI=1S/C17H16F3N3O/c1-23-10-17(22-16(23)21,12-3-2-4-13(18)9-12)11-5-7-14(8-6-11)24-15(19)20/h2-9,15H,10H2,1H3,(H2,21,22). The molecule has 0 aliphatic carbocycles. The lowest BCUT2D eigenvalue weighted by atomic mass is 9.83. The third-order valence-corrected chi connectivity index (χ3v) is 4.02. The van der Waals surface area contributed by atoms with Crippen molar-refractivity contribution in [2.24, 2.45) is 10.7 Å². The predicted molar refractivity (Wildman–Crippen MR) is 84.5 cm³/mol. The van der Waals surface area contributed by atoms with E-state index in [1.807, 2.05) is 0 Å². The van der Waals surface area contributed by atoms with E-state index in [1.54, 1.807) is 36.2 Å². The van der Waals surface area contributed by atoms with Crippen molar-refractivity contribution < 1.29 is 17.9 Å². The summed E-state index contributed by atoms with van der Waals surface area (Å²) in [7, 11) is 1.79. The number of likely N-dealkylation sites (N-methyl/N-ethyl adjacent to an activating group) is 1. The average molecular weight is 335 g/mol. The van der Waals surface area contributed by atoms with Crippen LogP contribution in [0.15, 0.2) is 53.5 Å². The summed E-state index contributed by atoms with van der Waals surface area (Å²) in [4.78, 5) is 6.30. The van der Waals surface area contributed by atoms with Crippen molar-refractivity contribution in [2.45, 2.75) is 12.2 Å². The van der Waals surface area contributed by atoms with Gasteiger partial charge in [-0.2, -0.15) is 8.78 Å². The maximum absolute atomic E-state index is 13.7. The van der Waals surface area contributed by atoms with Crippen LogP contribution in [-0.2, 0) is 5.54 Å². The lowest BCUT2D eigenvalue weighted by Crippen LogP contribution is -2.34. The van der Waals surface area contributed by atoms with Gasteiger partial charge in [0, 0.05) is 7.05 Å². The Morgan fingerprint density at radius 2 is 1.88 bits per heavy atom. The number of nitrogens with zero attached hydrogens (tertiary/aromatic N) is 2. The number of hydrogen-bond acceptors (Lipinski definition) is 4. The summed E-state index contributed by atoms with van der Waals surface area (Å²) >= 11 is 0. The van der Waals surface area contributed by atoms with Gasteiger partial charge in [-0.15, -0.1) is 0 Å². The first-order valence-corrected chi connectivity index (χ1v) is 7.28. The van der Waals surface area contributed by atoms with Gasteiger partial charge in [-0.05, 0) is 35.4 Å². The quantitative estimate of drug-likeness (QED) is 0.935. The normalized spacial score (nSPS) is 20.4. The van der Waals surface area contributed by atoms with Gasteiger partial charge in [-0.25, -0.2) is 9.38 Å². The molecule has 0 saturated heterocycles. The van der Waals surface area contributed by atoms with Crippen molar-refractivity contribution in [3.05, 3.63) is 65.5 Å². The van der Waals surface area contributed by atoms with E-state index in [9.17, 15) is 13.2 Å². The topological polar surface area (TPSA) is 50.8 Å². The average Bonchev–Trinajstić information content (AvgIpc) is 2.84.